The van der Waals surface area contributed by atoms with Crippen LogP contribution in [0.3, 0.4) is 0 Å². The molecule has 0 bridgehead atoms. The SMILES string of the molecule is O=C(O)N(C(=O)O)c1cc(Cl)nc(Nc2ccc(C(F)(F)F)cc2)n1. The van der Waals surface area contributed by atoms with Crippen LogP contribution in [0.4, 0.5) is 40.2 Å². The molecule has 0 aliphatic heterocycles. The van der Waals surface area contributed by atoms with Crippen LogP contribution in [-0.2, 0) is 6.18 Å². The van der Waals surface area contributed by atoms with E-state index in [1.165, 1.54) is 0 Å². The molecule has 0 spiro atoms. The fraction of sp³-hybridized carbons (Fsp3) is 0.0769. The number of imide groups is 1. The number of hydrogen-bond donors (Lipinski definition) is 3. The summed E-state index contributed by atoms with van der Waals surface area (Å²) in [6, 6.07) is 4.72. The van der Waals surface area contributed by atoms with Crippen LogP contribution in [0, 0.1) is 0 Å². The van der Waals surface area contributed by atoms with E-state index in [9.17, 15) is 22.8 Å². The minimum absolute atomic E-state index is 0.0918. The quantitative estimate of drug-likeness (QED) is 0.692. The molecule has 0 radical (unpaired) electrons. The molecule has 2 aromatic rings. The fourth-order valence-corrected chi connectivity index (χ4v) is 1.90. The number of anilines is 3. The molecule has 1 heterocycles. The standard InChI is InChI=1S/C13H8ClF3N4O4/c14-8-5-9(21(11(22)23)12(24)25)20-10(19-8)18-7-3-1-6(2-4-7)13(15,16)17/h1-5H,(H,22,23)(H,24,25)(H,18,19,20). The van der Waals surface area contributed by atoms with Crippen LogP contribution < -0.4 is 10.2 Å². The summed E-state index contributed by atoms with van der Waals surface area (Å²) in [5.41, 5.74) is -0.716. The van der Waals surface area contributed by atoms with Crippen molar-refractivity contribution in [1.82, 2.24) is 9.97 Å². The molecule has 0 aliphatic rings. The molecule has 0 fully saturated rings. The molecule has 0 saturated carbocycles. The maximum Gasteiger partial charge on any atom is 0.422 e. The van der Waals surface area contributed by atoms with E-state index in [4.69, 9.17) is 21.8 Å². The van der Waals surface area contributed by atoms with E-state index < -0.39 is 29.7 Å². The summed E-state index contributed by atoms with van der Waals surface area (Å²) in [5.74, 6) is -0.843. The molecule has 25 heavy (non-hydrogen) atoms. The Kier molecular flexibility index (Phi) is 4.97. The molecule has 1 aromatic carbocycles. The molecule has 3 N–H and O–H groups in total. The molecular weight excluding hydrogens is 369 g/mol. The zero-order valence-electron chi connectivity index (χ0n) is 12.0. The van der Waals surface area contributed by atoms with E-state index in [1.807, 2.05) is 0 Å². The second kappa shape index (κ2) is 6.81. The van der Waals surface area contributed by atoms with E-state index in [0.717, 1.165) is 30.3 Å². The van der Waals surface area contributed by atoms with E-state index >= 15 is 0 Å². The van der Waals surface area contributed by atoms with E-state index in [-0.39, 0.29) is 21.7 Å². The smallest absolute Gasteiger partial charge is 0.422 e. The lowest BCUT2D eigenvalue weighted by Gasteiger charge is -2.14. The highest BCUT2D eigenvalue weighted by Crippen LogP contribution is 2.30. The predicted molar refractivity (Wildman–Crippen MR) is 80.3 cm³/mol. The van der Waals surface area contributed by atoms with Crippen LogP contribution in [0.25, 0.3) is 0 Å². The molecule has 12 heteroatoms. The third-order valence-corrected chi connectivity index (χ3v) is 2.96. The van der Waals surface area contributed by atoms with Crippen molar-refractivity contribution >= 4 is 41.2 Å². The highest BCUT2D eigenvalue weighted by Gasteiger charge is 2.30. The van der Waals surface area contributed by atoms with Crippen molar-refractivity contribution in [3.63, 3.8) is 0 Å². The number of halogens is 4. The average molecular weight is 377 g/mol. The Morgan fingerprint density at radius 1 is 1.08 bits per heavy atom. The van der Waals surface area contributed by atoms with Crippen LogP contribution in [0.15, 0.2) is 30.3 Å². The second-order valence-corrected chi connectivity index (χ2v) is 4.86. The van der Waals surface area contributed by atoms with Crippen molar-refractivity contribution in [2.75, 3.05) is 10.2 Å². The van der Waals surface area contributed by atoms with E-state index in [2.05, 4.69) is 15.3 Å². The lowest BCUT2D eigenvalue weighted by molar-refractivity contribution is -0.137. The van der Waals surface area contributed by atoms with Gasteiger partial charge in [-0.15, -0.1) is 0 Å². The highest BCUT2D eigenvalue weighted by molar-refractivity contribution is 6.30. The number of amides is 2. The summed E-state index contributed by atoms with van der Waals surface area (Å²) in [6.07, 6.45) is -8.13. The van der Waals surface area contributed by atoms with E-state index in [1.54, 1.807) is 0 Å². The normalized spacial score (nSPS) is 11.0. The highest BCUT2D eigenvalue weighted by atomic mass is 35.5. The van der Waals surface area contributed by atoms with Crippen molar-refractivity contribution in [2.24, 2.45) is 0 Å². The van der Waals surface area contributed by atoms with Gasteiger partial charge in [0.25, 0.3) is 0 Å². The molecule has 8 nitrogen and oxygen atoms in total. The Hall–Kier alpha value is -3.08. The van der Waals surface area contributed by atoms with Gasteiger partial charge in [0, 0.05) is 11.8 Å². The van der Waals surface area contributed by atoms with Crippen LogP contribution in [-0.4, -0.2) is 32.4 Å². The van der Waals surface area contributed by atoms with Gasteiger partial charge in [0.05, 0.1) is 5.56 Å². The predicted octanol–water partition coefficient (Wildman–Crippen LogP) is 4.05. The largest absolute Gasteiger partial charge is 0.464 e. The summed E-state index contributed by atoms with van der Waals surface area (Å²) in [6.45, 7) is 0. The molecule has 0 unspecified atom stereocenters. The van der Waals surface area contributed by atoms with Crippen LogP contribution in [0.2, 0.25) is 5.15 Å². The first kappa shape index (κ1) is 18.3. The van der Waals surface area contributed by atoms with Crippen LogP contribution in [0.5, 0.6) is 0 Å². The molecule has 132 valence electrons. The minimum atomic E-state index is -4.50. The number of nitrogens with one attached hydrogen (secondary N) is 1. The summed E-state index contributed by atoms with van der Waals surface area (Å²) < 4.78 is 37.5. The van der Waals surface area contributed by atoms with Crippen molar-refractivity contribution < 1.29 is 33.0 Å². The topological polar surface area (TPSA) is 116 Å². The summed E-state index contributed by atoms with van der Waals surface area (Å²) in [4.78, 5) is 29.2. The molecule has 2 amide bonds. The number of hydrogen-bond acceptors (Lipinski definition) is 5. The summed E-state index contributed by atoms with van der Waals surface area (Å²) >= 11 is 5.70. The lowest BCUT2D eigenvalue weighted by atomic mass is 10.2. The maximum atomic E-state index is 12.5. The number of carboxylic acid groups (broad SMARTS) is 2. The molecule has 0 aliphatic carbocycles. The maximum absolute atomic E-state index is 12.5. The van der Waals surface area contributed by atoms with Gasteiger partial charge in [0.2, 0.25) is 5.95 Å². The Labute approximate surface area is 142 Å². The van der Waals surface area contributed by atoms with Gasteiger partial charge in [-0.1, -0.05) is 11.6 Å². The van der Waals surface area contributed by atoms with Crippen LogP contribution >= 0.6 is 11.6 Å². The monoisotopic (exact) mass is 376 g/mol. The third-order valence-electron chi connectivity index (χ3n) is 2.76. The van der Waals surface area contributed by atoms with Crippen molar-refractivity contribution in [3.8, 4) is 0 Å². The van der Waals surface area contributed by atoms with Gasteiger partial charge in [-0.05, 0) is 24.3 Å². The zero-order chi connectivity index (χ0) is 18.8. The number of nitrogens with zero attached hydrogens (tertiary/aromatic N) is 3. The number of aromatic nitrogens is 2. The van der Waals surface area contributed by atoms with Gasteiger partial charge in [0.1, 0.15) is 5.15 Å². The average Bonchev–Trinajstić information content (AvgIpc) is 2.45. The second-order valence-electron chi connectivity index (χ2n) is 4.47. The lowest BCUT2D eigenvalue weighted by Crippen LogP contribution is -2.35. The van der Waals surface area contributed by atoms with Gasteiger partial charge in [-0.25, -0.2) is 14.6 Å². The first-order valence-corrected chi connectivity index (χ1v) is 6.70. The fourth-order valence-electron chi connectivity index (χ4n) is 1.73. The van der Waals surface area contributed by atoms with Crippen molar-refractivity contribution in [3.05, 3.63) is 41.0 Å². The molecular formula is C13H8ClF3N4O4. The molecule has 0 atom stereocenters. The minimum Gasteiger partial charge on any atom is -0.464 e. The van der Waals surface area contributed by atoms with Gasteiger partial charge >= 0.3 is 18.4 Å². The number of rotatable bonds is 3. The Balaban J connectivity index is 2.31. The Morgan fingerprint density at radius 2 is 1.64 bits per heavy atom. The zero-order valence-corrected chi connectivity index (χ0v) is 12.7. The van der Waals surface area contributed by atoms with E-state index in [0.29, 0.717) is 0 Å². The van der Waals surface area contributed by atoms with Crippen LogP contribution in [0.1, 0.15) is 5.56 Å². The number of carbonyl (C=O) groups is 2. The van der Waals surface area contributed by atoms with Gasteiger partial charge < -0.3 is 15.5 Å². The van der Waals surface area contributed by atoms with Crippen molar-refractivity contribution in [2.45, 2.75) is 6.18 Å². The number of benzene rings is 1. The Morgan fingerprint density at radius 3 is 2.12 bits per heavy atom. The van der Waals surface area contributed by atoms with Crippen molar-refractivity contribution in [1.29, 1.82) is 0 Å². The number of alkyl halides is 3. The summed E-state index contributed by atoms with van der Waals surface area (Å²) in [5, 5.41) is 20.0. The Bertz CT molecular complexity index is 800. The summed E-state index contributed by atoms with van der Waals surface area (Å²) in [7, 11) is 0. The third kappa shape index (κ3) is 4.47. The molecule has 0 saturated heterocycles. The van der Waals surface area contributed by atoms with Gasteiger partial charge in [-0.3, -0.25) is 0 Å². The molecule has 2 rings (SSSR count). The van der Waals surface area contributed by atoms with Gasteiger partial charge in [-0.2, -0.15) is 23.1 Å². The van der Waals surface area contributed by atoms with Gasteiger partial charge in [0.15, 0.2) is 5.82 Å². The first-order valence-electron chi connectivity index (χ1n) is 6.33. The first-order chi connectivity index (χ1) is 11.6. The molecule has 1 aromatic heterocycles.